The lowest BCUT2D eigenvalue weighted by Crippen LogP contribution is -2.32. The fraction of sp³-hybridized carbons (Fsp3) is 0.0667. The van der Waals surface area contributed by atoms with E-state index in [0.717, 1.165) is 17.5 Å². The van der Waals surface area contributed by atoms with Gasteiger partial charge in [-0.1, -0.05) is 24.3 Å². The Kier molecular flexibility index (Phi) is 3.53. The molecule has 2 aromatic heterocycles. The third-order valence-electron chi connectivity index (χ3n) is 3.42. The quantitative estimate of drug-likeness (QED) is 0.290. The summed E-state index contributed by atoms with van der Waals surface area (Å²) in [5, 5.41) is 4.73. The molecule has 6 nitrogen and oxygen atoms in total. The van der Waals surface area contributed by atoms with Gasteiger partial charge >= 0.3 is 0 Å². The van der Waals surface area contributed by atoms with Crippen LogP contribution in [0.25, 0.3) is 10.9 Å². The normalized spacial score (nSPS) is 11.8. The summed E-state index contributed by atoms with van der Waals surface area (Å²) < 4.78 is 2.19. The number of hydrazone groups is 1. The van der Waals surface area contributed by atoms with Crippen LogP contribution in [0.4, 0.5) is 0 Å². The van der Waals surface area contributed by atoms with Crippen molar-refractivity contribution in [3.05, 3.63) is 66.1 Å². The number of amidine groups is 1. The van der Waals surface area contributed by atoms with Crippen molar-refractivity contribution in [1.82, 2.24) is 15.0 Å². The van der Waals surface area contributed by atoms with Gasteiger partial charge in [-0.05, 0) is 17.7 Å². The van der Waals surface area contributed by atoms with Gasteiger partial charge in [-0.25, -0.2) is 5.84 Å². The smallest absolute Gasteiger partial charge is 0.166 e. The van der Waals surface area contributed by atoms with Gasteiger partial charge in [0.25, 0.3) is 0 Å². The fourth-order valence-corrected chi connectivity index (χ4v) is 2.34. The number of hydrogen-bond donors (Lipinski definition) is 3. The van der Waals surface area contributed by atoms with Crippen molar-refractivity contribution in [2.75, 3.05) is 0 Å². The number of nitrogens with two attached hydrogens (primary N) is 2. The Morgan fingerprint density at radius 1 is 1.19 bits per heavy atom. The molecule has 1 aromatic carbocycles. The van der Waals surface area contributed by atoms with Gasteiger partial charge in [0.1, 0.15) is 0 Å². The van der Waals surface area contributed by atoms with Crippen LogP contribution in [0, 0.1) is 0 Å². The fourth-order valence-electron chi connectivity index (χ4n) is 2.34. The summed E-state index contributed by atoms with van der Waals surface area (Å²) in [5.74, 6) is 11.1. The highest BCUT2D eigenvalue weighted by Gasteiger charge is 2.04. The van der Waals surface area contributed by atoms with E-state index >= 15 is 0 Å². The van der Waals surface area contributed by atoms with Gasteiger partial charge in [0.2, 0.25) is 0 Å². The molecule has 0 bridgehead atoms. The highest BCUT2D eigenvalue weighted by Crippen LogP contribution is 2.16. The van der Waals surface area contributed by atoms with Crippen LogP contribution in [0.15, 0.2) is 60.1 Å². The highest BCUT2D eigenvalue weighted by molar-refractivity contribution is 5.98. The second-order valence-electron chi connectivity index (χ2n) is 4.70. The van der Waals surface area contributed by atoms with E-state index in [1.54, 1.807) is 6.20 Å². The zero-order valence-corrected chi connectivity index (χ0v) is 11.4. The molecule has 0 aliphatic carbocycles. The largest absolute Gasteiger partial charge is 0.343 e. The van der Waals surface area contributed by atoms with E-state index in [9.17, 15) is 0 Å². The average Bonchev–Trinajstić information content (AvgIpc) is 2.93. The number of fused-ring (bicyclic) bond motifs is 1. The summed E-state index contributed by atoms with van der Waals surface area (Å²) in [7, 11) is 0. The molecule has 5 N–H and O–H groups in total. The number of benzene rings is 1. The van der Waals surface area contributed by atoms with Crippen molar-refractivity contribution in [3.8, 4) is 0 Å². The van der Waals surface area contributed by atoms with Crippen molar-refractivity contribution < 1.29 is 0 Å². The van der Waals surface area contributed by atoms with E-state index in [2.05, 4.69) is 32.3 Å². The first-order chi connectivity index (χ1) is 10.3. The van der Waals surface area contributed by atoms with Crippen LogP contribution in [-0.4, -0.2) is 15.4 Å². The lowest BCUT2D eigenvalue weighted by atomic mass is 10.1. The van der Waals surface area contributed by atoms with Crippen molar-refractivity contribution in [3.63, 3.8) is 0 Å². The molecule has 0 spiro atoms. The van der Waals surface area contributed by atoms with Crippen LogP contribution in [0.2, 0.25) is 0 Å². The number of nitrogens with zero attached hydrogens (tertiary/aromatic N) is 3. The minimum atomic E-state index is 0.457. The molecule has 3 aromatic rings. The van der Waals surface area contributed by atoms with E-state index in [0.29, 0.717) is 5.84 Å². The first-order valence-corrected chi connectivity index (χ1v) is 6.54. The second-order valence-corrected chi connectivity index (χ2v) is 4.70. The number of nitrogens with one attached hydrogen (secondary N) is 1. The first-order valence-electron chi connectivity index (χ1n) is 6.54. The number of hydrogen-bond acceptors (Lipinski definition) is 4. The van der Waals surface area contributed by atoms with E-state index in [4.69, 9.17) is 11.7 Å². The van der Waals surface area contributed by atoms with Gasteiger partial charge in [-0.2, -0.15) is 5.10 Å². The van der Waals surface area contributed by atoms with E-state index in [-0.39, 0.29) is 0 Å². The monoisotopic (exact) mass is 280 g/mol. The van der Waals surface area contributed by atoms with Gasteiger partial charge in [-0.15, -0.1) is 0 Å². The Balaban J connectivity index is 1.85. The third-order valence-corrected chi connectivity index (χ3v) is 3.42. The summed E-state index contributed by atoms with van der Waals surface area (Å²) in [6, 6.07) is 12.0. The molecular formula is C15H16N6. The Morgan fingerprint density at radius 2 is 2.00 bits per heavy atom. The zero-order valence-electron chi connectivity index (χ0n) is 11.4. The molecule has 0 fully saturated rings. The number of aromatic nitrogens is 2. The molecular weight excluding hydrogens is 264 g/mol. The Morgan fingerprint density at radius 3 is 2.71 bits per heavy atom. The molecule has 0 unspecified atom stereocenters. The Labute approximate surface area is 122 Å². The highest BCUT2D eigenvalue weighted by atomic mass is 15.3. The van der Waals surface area contributed by atoms with E-state index in [1.165, 1.54) is 11.1 Å². The predicted molar refractivity (Wildman–Crippen MR) is 83.3 cm³/mol. The molecule has 3 rings (SSSR count). The van der Waals surface area contributed by atoms with Crippen LogP contribution < -0.4 is 17.1 Å². The summed E-state index contributed by atoms with van der Waals surface area (Å²) in [4.78, 5) is 4.13. The van der Waals surface area contributed by atoms with Crippen LogP contribution in [0.3, 0.4) is 0 Å². The maximum Gasteiger partial charge on any atom is 0.166 e. The molecule has 0 aliphatic heterocycles. The molecule has 0 amide bonds. The molecule has 0 saturated carbocycles. The lowest BCUT2D eigenvalue weighted by Gasteiger charge is -2.08. The van der Waals surface area contributed by atoms with E-state index in [1.807, 2.05) is 36.5 Å². The van der Waals surface area contributed by atoms with Gasteiger partial charge in [0.15, 0.2) is 5.84 Å². The molecule has 106 valence electrons. The molecule has 2 heterocycles. The third kappa shape index (κ3) is 2.56. The lowest BCUT2D eigenvalue weighted by molar-refractivity contribution is 0.836. The minimum absolute atomic E-state index is 0.457. The van der Waals surface area contributed by atoms with Crippen LogP contribution >= 0.6 is 0 Å². The number of rotatable bonds is 3. The topological polar surface area (TPSA) is 94.2 Å². The minimum Gasteiger partial charge on any atom is -0.343 e. The van der Waals surface area contributed by atoms with Crippen molar-refractivity contribution in [2.24, 2.45) is 16.8 Å². The molecule has 0 radical (unpaired) electrons. The maximum atomic E-state index is 5.35. The molecule has 21 heavy (non-hydrogen) atoms. The number of hydrazine groups is 1. The van der Waals surface area contributed by atoms with Crippen molar-refractivity contribution in [1.29, 1.82) is 0 Å². The number of pyridine rings is 1. The average molecular weight is 280 g/mol. The summed E-state index contributed by atoms with van der Waals surface area (Å²) in [6.07, 6.45) is 5.74. The van der Waals surface area contributed by atoms with Crippen molar-refractivity contribution in [2.45, 2.75) is 6.54 Å². The summed E-state index contributed by atoms with van der Waals surface area (Å²) >= 11 is 0. The van der Waals surface area contributed by atoms with Gasteiger partial charge in [0.05, 0.1) is 5.52 Å². The van der Waals surface area contributed by atoms with Crippen LogP contribution in [0.1, 0.15) is 11.1 Å². The summed E-state index contributed by atoms with van der Waals surface area (Å²) in [6.45, 7) is 0.791. The van der Waals surface area contributed by atoms with Gasteiger partial charge in [-0.3, -0.25) is 4.98 Å². The SMILES string of the molecule is N/N=C(\NN)c1ccc(Cn2ccc3cnccc32)cc1. The standard InChI is InChI=1S/C15H16N6/c16-19-15(20-17)12-3-1-11(2-4-12)10-21-8-6-13-9-18-7-5-14(13)21/h1-9H,10,16-17H2,(H,19,20). The predicted octanol–water partition coefficient (Wildman–Crippen LogP) is 1.17. The zero-order chi connectivity index (χ0) is 14.7. The van der Waals surface area contributed by atoms with Crippen LogP contribution in [0.5, 0.6) is 0 Å². The van der Waals surface area contributed by atoms with Crippen molar-refractivity contribution >= 4 is 16.7 Å². The summed E-state index contributed by atoms with van der Waals surface area (Å²) in [5.41, 5.74) is 5.67. The van der Waals surface area contributed by atoms with E-state index < -0.39 is 0 Å². The van der Waals surface area contributed by atoms with Gasteiger partial charge in [0, 0.05) is 36.1 Å². The molecule has 0 atom stereocenters. The molecule has 6 heteroatoms. The Hall–Kier alpha value is -2.86. The Bertz CT molecular complexity index is 772. The van der Waals surface area contributed by atoms with Crippen LogP contribution in [-0.2, 0) is 6.54 Å². The maximum absolute atomic E-state index is 5.35. The van der Waals surface area contributed by atoms with Gasteiger partial charge < -0.3 is 15.8 Å². The molecule has 0 saturated heterocycles. The first kappa shape index (κ1) is 13.1. The second kappa shape index (κ2) is 5.64. The molecule has 0 aliphatic rings.